The molecule has 0 unspecified atom stereocenters. The average Bonchev–Trinajstić information content (AvgIpc) is 2.43. The number of pyridine rings is 1. The molecule has 1 fully saturated rings. The zero-order valence-electron chi connectivity index (χ0n) is 15.4. The maximum absolute atomic E-state index is 5.92. The van der Waals surface area contributed by atoms with Crippen LogP contribution in [-0.4, -0.2) is 29.8 Å². The molecule has 0 radical (unpaired) electrons. The van der Waals surface area contributed by atoms with Crippen molar-refractivity contribution in [2.45, 2.75) is 72.6 Å². The van der Waals surface area contributed by atoms with Crippen LogP contribution in [-0.2, 0) is 0 Å². The molecular formula is C19H32N2O2. The molecule has 2 rings (SSSR count). The van der Waals surface area contributed by atoms with Crippen LogP contribution < -0.4 is 14.8 Å². The Morgan fingerprint density at radius 3 is 2.43 bits per heavy atom. The Balaban J connectivity index is 1.71. The summed E-state index contributed by atoms with van der Waals surface area (Å²) in [6.45, 7) is 13.9. The molecule has 1 atom stereocenters. The molecule has 0 aromatic carbocycles. The van der Waals surface area contributed by atoms with E-state index in [0.29, 0.717) is 30.5 Å². The number of hydrogen-bond donors (Lipinski definition) is 1. The number of aromatic nitrogens is 1. The second-order valence-electron chi connectivity index (χ2n) is 8.29. The molecule has 4 heteroatoms. The van der Waals surface area contributed by atoms with Gasteiger partial charge in [-0.25, -0.2) is 4.98 Å². The first kappa shape index (κ1) is 18.1. The highest BCUT2D eigenvalue weighted by Crippen LogP contribution is 2.27. The van der Waals surface area contributed by atoms with Crippen LogP contribution in [0.5, 0.6) is 11.6 Å². The van der Waals surface area contributed by atoms with Crippen LogP contribution >= 0.6 is 0 Å². The van der Waals surface area contributed by atoms with Gasteiger partial charge in [-0.05, 0) is 37.2 Å². The Morgan fingerprint density at radius 1 is 1.22 bits per heavy atom. The topological polar surface area (TPSA) is 43.4 Å². The number of rotatable bonds is 7. The van der Waals surface area contributed by atoms with Gasteiger partial charge in [0, 0.05) is 18.2 Å². The first-order valence-electron chi connectivity index (χ1n) is 8.74. The SMILES string of the molecule is CC(C)[C@H](C)N[C@H]1C[C@H](Oc2ccc(OCC(C)(C)C)cn2)C1. The fourth-order valence-corrected chi connectivity index (χ4v) is 2.35. The van der Waals surface area contributed by atoms with E-state index in [1.807, 2.05) is 12.1 Å². The van der Waals surface area contributed by atoms with Crippen molar-refractivity contribution in [2.24, 2.45) is 11.3 Å². The van der Waals surface area contributed by atoms with E-state index in [2.05, 4.69) is 51.8 Å². The second kappa shape index (κ2) is 7.52. The second-order valence-corrected chi connectivity index (χ2v) is 8.29. The van der Waals surface area contributed by atoms with Crippen LogP contribution in [0.3, 0.4) is 0 Å². The van der Waals surface area contributed by atoms with Crippen LogP contribution in [0.1, 0.15) is 54.4 Å². The van der Waals surface area contributed by atoms with Gasteiger partial charge in [0.15, 0.2) is 0 Å². The highest BCUT2D eigenvalue weighted by Gasteiger charge is 2.32. The Labute approximate surface area is 141 Å². The maximum atomic E-state index is 5.92. The van der Waals surface area contributed by atoms with Crippen molar-refractivity contribution in [3.8, 4) is 11.6 Å². The fourth-order valence-electron chi connectivity index (χ4n) is 2.35. The Bertz CT molecular complexity index is 473. The zero-order chi connectivity index (χ0) is 17.0. The summed E-state index contributed by atoms with van der Waals surface area (Å²) in [5.41, 5.74) is 0.149. The summed E-state index contributed by atoms with van der Waals surface area (Å²) in [4.78, 5) is 4.35. The van der Waals surface area contributed by atoms with E-state index in [-0.39, 0.29) is 11.5 Å². The van der Waals surface area contributed by atoms with Gasteiger partial charge in [-0.1, -0.05) is 34.6 Å². The molecule has 1 aliphatic rings. The van der Waals surface area contributed by atoms with Gasteiger partial charge in [-0.3, -0.25) is 0 Å². The predicted octanol–water partition coefficient (Wildman–Crippen LogP) is 4.05. The van der Waals surface area contributed by atoms with Crippen LogP contribution in [0.4, 0.5) is 0 Å². The Kier molecular flexibility index (Phi) is 5.90. The van der Waals surface area contributed by atoms with Crippen LogP contribution in [0.25, 0.3) is 0 Å². The standard InChI is InChI=1S/C19H32N2O2/c1-13(2)14(3)21-15-9-17(10-15)23-18-8-7-16(11-20-18)22-12-19(4,5)6/h7-8,11,13-15,17,21H,9-10,12H2,1-6H3/t14-,15-,17-/m0/s1. The van der Waals surface area contributed by atoms with Crippen molar-refractivity contribution < 1.29 is 9.47 Å². The minimum atomic E-state index is 0.149. The molecule has 0 aliphatic heterocycles. The summed E-state index contributed by atoms with van der Waals surface area (Å²) < 4.78 is 11.6. The lowest BCUT2D eigenvalue weighted by Gasteiger charge is -2.38. The van der Waals surface area contributed by atoms with Gasteiger partial charge in [-0.2, -0.15) is 0 Å². The minimum Gasteiger partial charge on any atom is -0.491 e. The molecule has 1 N–H and O–H groups in total. The molecule has 1 heterocycles. The molecule has 0 bridgehead atoms. The van der Waals surface area contributed by atoms with Gasteiger partial charge in [0.05, 0.1) is 12.8 Å². The van der Waals surface area contributed by atoms with Crippen molar-refractivity contribution in [1.29, 1.82) is 0 Å². The van der Waals surface area contributed by atoms with Crippen molar-refractivity contribution >= 4 is 0 Å². The van der Waals surface area contributed by atoms with E-state index in [9.17, 15) is 0 Å². The van der Waals surface area contributed by atoms with Gasteiger partial charge in [0.2, 0.25) is 5.88 Å². The fraction of sp³-hybridized carbons (Fsp3) is 0.737. The molecule has 0 amide bonds. The predicted molar refractivity (Wildman–Crippen MR) is 94.1 cm³/mol. The van der Waals surface area contributed by atoms with E-state index >= 15 is 0 Å². The molecule has 4 nitrogen and oxygen atoms in total. The molecule has 0 spiro atoms. The van der Waals surface area contributed by atoms with Crippen LogP contribution in [0.2, 0.25) is 0 Å². The molecule has 1 saturated carbocycles. The average molecular weight is 320 g/mol. The quantitative estimate of drug-likeness (QED) is 0.823. The molecule has 1 aromatic rings. The van der Waals surface area contributed by atoms with Gasteiger partial charge in [0.25, 0.3) is 0 Å². The lowest BCUT2D eigenvalue weighted by molar-refractivity contribution is 0.0731. The summed E-state index contributed by atoms with van der Waals surface area (Å²) >= 11 is 0. The van der Waals surface area contributed by atoms with Crippen LogP contribution in [0.15, 0.2) is 18.3 Å². The largest absolute Gasteiger partial charge is 0.491 e. The van der Waals surface area contributed by atoms with Gasteiger partial charge in [-0.15, -0.1) is 0 Å². The first-order valence-corrected chi connectivity index (χ1v) is 8.74. The van der Waals surface area contributed by atoms with Gasteiger partial charge in [0.1, 0.15) is 11.9 Å². The van der Waals surface area contributed by atoms with Crippen molar-refractivity contribution in [1.82, 2.24) is 10.3 Å². The van der Waals surface area contributed by atoms with E-state index in [1.165, 1.54) is 0 Å². The third-order valence-corrected chi connectivity index (χ3v) is 4.26. The smallest absolute Gasteiger partial charge is 0.213 e. The van der Waals surface area contributed by atoms with Crippen molar-refractivity contribution in [3.05, 3.63) is 18.3 Å². The highest BCUT2D eigenvalue weighted by atomic mass is 16.5. The number of nitrogens with one attached hydrogen (secondary N) is 1. The van der Waals surface area contributed by atoms with Crippen molar-refractivity contribution in [3.63, 3.8) is 0 Å². The Morgan fingerprint density at radius 2 is 1.91 bits per heavy atom. The molecule has 23 heavy (non-hydrogen) atoms. The van der Waals surface area contributed by atoms with E-state index in [1.54, 1.807) is 6.20 Å². The summed E-state index contributed by atoms with van der Waals surface area (Å²) in [5, 5.41) is 3.65. The zero-order valence-corrected chi connectivity index (χ0v) is 15.4. The summed E-state index contributed by atoms with van der Waals surface area (Å²) in [7, 11) is 0. The summed E-state index contributed by atoms with van der Waals surface area (Å²) in [6.07, 6.45) is 4.14. The first-order chi connectivity index (χ1) is 10.7. The van der Waals surface area contributed by atoms with Gasteiger partial charge < -0.3 is 14.8 Å². The third kappa shape index (κ3) is 6.02. The summed E-state index contributed by atoms with van der Waals surface area (Å²) in [5.74, 6) is 2.15. The maximum Gasteiger partial charge on any atom is 0.213 e. The minimum absolute atomic E-state index is 0.149. The highest BCUT2D eigenvalue weighted by molar-refractivity contribution is 5.23. The van der Waals surface area contributed by atoms with E-state index in [4.69, 9.17) is 9.47 Å². The van der Waals surface area contributed by atoms with Crippen molar-refractivity contribution in [2.75, 3.05) is 6.61 Å². The lowest BCUT2D eigenvalue weighted by atomic mass is 9.88. The number of hydrogen-bond acceptors (Lipinski definition) is 4. The summed E-state index contributed by atoms with van der Waals surface area (Å²) in [6, 6.07) is 4.96. The lowest BCUT2D eigenvalue weighted by Crippen LogP contribution is -2.50. The van der Waals surface area contributed by atoms with Gasteiger partial charge >= 0.3 is 0 Å². The van der Waals surface area contributed by atoms with Crippen LogP contribution in [0, 0.1) is 11.3 Å². The molecule has 0 saturated heterocycles. The van der Waals surface area contributed by atoms with E-state index < -0.39 is 0 Å². The molecule has 1 aliphatic carbocycles. The monoisotopic (exact) mass is 320 g/mol. The number of ether oxygens (including phenoxy) is 2. The third-order valence-electron chi connectivity index (χ3n) is 4.26. The van der Waals surface area contributed by atoms with E-state index in [0.717, 1.165) is 18.6 Å². The normalized spacial score (nSPS) is 22.6. The molecule has 1 aromatic heterocycles. The molecule has 130 valence electrons. The molecular weight excluding hydrogens is 288 g/mol. The number of nitrogens with zero attached hydrogens (tertiary/aromatic N) is 1. The Hall–Kier alpha value is -1.29.